The van der Waals surface area contributed by atoms with Crippen LogP contribution in [0.15, 0.2) is 47.7 Å². The van der Waals surface area contributed by atoms with Crippen molar-refractivity contribution in [1.29, 1.82) is 0 Å². The molecule has 0 aliphatic carbocycles. The van der Waals surface area contributed by atoms with E-state index in [9.17, 15) is 4.79 Å². The summed E-state index contributed by atoms with van der Waals surface area (Å²) in [6.45, 7) is 5.38. The molecule has 4 N–H and O–H groups in total. The van der Waals surface area contributed by atoms with Gasteiger partial charge in [-0.05, 0) is 42.5 Å². The molecule has 5 nitrogen and oxygen atoms in total. The molecule has 0 aliphatic heterocycles. The molecule has 1 heterocycles. The number of aliphatic carboxylic acids is 1. The highest BCUT2D eigenvalue weighted by atomic mass is 16.4. The first-order chi connectivity index (χ1) is 10.6. The van der Waals surface area contributed by atoms with E-state index >= 15 is 0 Å². The molecule has 114 valence electrons. The predicted octanol–water partition coefficient (Wildman–Crippen LogP) is 2.74. The van der Waals surface area contributed by atoms with Gasteiger partial charge in [-0.15, -0.1) is 0 Å². The molecule has 0 fully saturated rings. The maximum atomic E-state index is 11.0. The van der Waals surface area contributed by atoms with Crippen LogP contribution in [0.25, 0.3) is 16.5 Å². The summed E-state index contributed by atoms with van der Waals surface area (Å²) in [6, 6.07) is 4.98. The number of aromatic amines is 1. The molecule has 1 aromatic heterocycles. The Morgan fingerprint density at radius 1 is 1.55 bits per heavy atom. The molecular weight excluding hydrogens is 278 g/mol. The fourth-order valence-electron chi connectivity index (χ4n) is 2.46. The number of allylic oxidation sites excluding steroid dienone is 3. The van der Waals surface area contributed by atoms with Crippen LogP contribution >= 0.6 is 0 Å². The third-order valence-corrected chi connectivity index (χ3v) is 3.53. The van der Waals surface area contributed by atoms with Gasteiger partial charge in [-0.1, -0.05) is 18.2 Å². The van der Waals surface area contributed by atoms with Crippen molar-refractivity contribution in [3.05, 3.63) is 53.9 Å². The van der Waals surface area contributed by atoms with Crippen molar-refractivity contribution in [1.82, 2.24) is 4.98 Å². The van der Waals surface area contributed by atoms with E-state index in [0.29, 0.717) is 0 Å². The number of aromatic nitrogens is 1. The lowest BCUT2D eigenvalue weighted by atomic mass is 9.96. The van der Waals surface area contributed by atoms with Gasteiger partial charge in [0.2, 0.25) is 0 Å². The van der Waals surface area contributed by atoms with Gasteiger partial charge < -0.3 is 15.8 Å². The summed E-state index contributed by atoms with van der Waals surface area (Å²) in [7, 11) is 0. The summed E-state index contributed by atoms with van der Waals surface area (Å²) < 4.78 is 0. The highest BCUT2D eigenvalue weighted by Crippen LogP contribution is 2.29. The van der Waals surface area contributed by atoms with Gasteiger partial charge in [-0.25, -0.2) is 0 Å². The molecule has 22 heavy (non-hydrogen) atoms. The van der Waals surface area contributed by atoms with Gasteiger partial charge in [0.1, 0.15) is 6.04 Å². The minimum atomic E-state index is -1.01. The molecular formula is C17H19N3O2. The fraction of sp³-hybridized carbons (Fsp3) is 0.176. The van der Waals surface area contributed by atoms with Crippen molar-refractivity contribution < 1.29 is 9.90 Å². The van der Waals surface area contributed by atoms with Crippen LogP contribution in [0.5, 0.6) is 0 Å². The second-order valence-electron chi connectivity index (χ2n) is 4.93. The normalized spacial score (nSPS) is 13.6. The van der Waals surface area contributed by atoms with Gasteiger partial charge in [0.15, 0.2) is 0 Å². The zero-order valence-electron chi connectivity index (χ0n) is 12.4. The molecule has 2 aromatic rings. The number of aliphatic imine (C=N–C) groups is 1. The predicted molar refractivity (Wildman–Crippen MR) is 90.0 cm³/mol. The minimum absolute atomic E-state index is 0.271. The van der Waals surface area contributed by atoms with Crippen LogP contribution in [0.4, 0.5) is 0 Å². The first-order valence-electron chi connectivity index (χ1n) is 6.95. The van der Waals surface area contributed by atoms with Crippen molar-refractivity contribution in [2.75, 3.05) is 0 Å². The largest absolute Gasteiger partial charge is 0.480 e. The number of fused-ring (bicyclic) bond motifs is 1. The van der Waals surface area contributed by atoms with Crippen LogP contribution in [-0.4, -0.2) is 28.8 Å². The van der Waals surface area contributed by atoms with E-state index in [1.54, 1.807) is 6.20 Å². The molecule has 0 saturated carbocycles. The van der Waals surface area contributed by atoms with Gasteiger partial charge >= 0.3 is 5.97 Å². The van der Waals surface area contributed by atoms with Crippen molar-refractivity contribution in [2.24, 2.45) is 10.7 Å². The number of nitrogens with zero attached hydrogens (tertiary/aromatic N) is 1. The fourth-order valence-corrected chi connectivity index (χ4v) is 2.46. The van der Waals surface area contributed by atoms with E-state index in [0.717, 1.165) is 27.6 Å². The van der Waals surface area contributed by atoms with Gasteiger partial charge in [0, 0.05) is 29.7 Å². The number of hydrogen-bond acceptors (Lipinski definition) is 3. The lowest BCUT2D eigenvalue weighted by molar-refractivity contribution is -0.138. The van der Waals surface area contributed by atoms with Gasteiger partial charge in [-0.2, -0.15) is 0 Å². The smallest absolute Gasteiger partial charge is 0.320 e. The van der Waals surface area contributed by atoms with Crippen molar-refractivity contribution in [2.45, 2.75) is 19.4 Å². The van der Waals surface area contributed by atoms with Crippen molar-refractivity contribution in [3.63, 3.8) is 0 Å². The maximum Gasteiger partial charge on any atom is 0.320 e. The number of carboxylic acids is 1. The minimum Gasteiger partial charge on any atom is -0.480 e. The average molecular weight is 297 g/mol. The molecule has 5 heteroatoms. The Bertz CT molecular complexity index is 756. The van der Waals surface area contributed by atoms with E-state index in [1.807, 2.05) is 43.5 Å². The van der Waals surface area contributed by atoms with Crippen LogP contribution in [0.2, 0.25) is 0 Å². The lowest BCUT2D eigenvalue weighted by Gasteiger charge is -2.09. The molecule has 0 radical (unpaired) electrons. The maximum absolute atomic E-state index is 11.0. The number of carboxylic acid groups (broad SMARTS) is 1. The lowest BCUT2D eigenvalue weighted by Crippen LogP contribution is -2.32. The second-order valence-corrected chi connectivity index (χ2v) is 4.93. The van der Waals surface area contributed by atoms with Crippen LogP contribution in [0.3, 0.4) is 0 Å². The highest BCUT2D eigenvalue weighted by molar-refractivity contribution is 5.97. The quantitative estimate of drug-likeness (QED) is 0.565. The molecule has 1 atom stereocenters. The van der Waals surface area contributed by atoms with Crippen LogP contribution in [-0.2, 0) is 11.2 Å². The molecule has 0 amide bonds. The first-order valence-corrected chi connectivity index (χ1v) is 6.95. The van der Waals surface area contributed by atoms with Crippen molar-refractivity contribution >= 4 is 29.2 Å². The molecule has 2 rings (SSSR count). The monoisotopic (exact) mass is 297 g/mol. The van der Waals surface area contributed by atoms with E-state index in [1.165, 1.54) is 0 Å². The second kappa shape index (κ2) is 6.87. The summed E-state index contributed by atoms with van der Waals surface area (Å²) >= 11 is 0. The zero-order chi connectivity index (χ0) is 16.1. The average Bonchev–Trinajstić information content (AvgIpc) is 2.91. The van der Waals surface area contributed by atoms with E-state index in [4.69, 9.17) is 10.8 Å². The van der Waals surface area contributed by atoms with Gasteiger partial charge in [-0.3, -0.25) is 9.79 Å². The third kappa shape index (κ3) is 3.15. The molecule has 0 saturated heterocycles. The van der Waals surface area contributed by atoms with E-state index < -0.39 is 12.0 Å². The first kappa shape index (κ1) is 15.7. The number of benzene rings is 1. The number of nitrogens with two attached hydrogens (primary N) is 1. The standard InChI is InChI=1S/C17H19N3O2/c1-3-11(7-8-19-2)13-5-4-6-15-16(13)12(10-20-15)9-14(18)17(21)22/h3-8,10,14,20H,2,9,18H2,1H3,(H,21,22)/b8-7-,11-3+/t14-/m0/s1. The van der Waals surface area contributed by atoms with Crippen LogP contribution in [0.1, 0.15) is 18.1 Å². The van der Waals surface area contributed by atoms with Crippen LogP contribution in [0, 0.1) is 0 Å². The Balaban J connectivity index is 2.55. The Kier molecular flexibility index (Phi) is 4.91. The van der Waals surface area contributed by atoms with Crippen molar-refractivity contribution in [3.8, 4) is 0 Å². The SMILES string of the molecule is C=N/C=C\C(=C/C)c1cccc2[nH]cc(C[C@H](N)C(=O)O)c12. The summed E-state index contributed by atoms with van der Waals surface area (Å²) in [5.74, 6) is -1.01. The number of H-pyrrole nitrogens is 1. The summed E-state index contributed by atoms with van der Waals surface area (Å²) in [4.78, 5) is 17.9. The highest BCUT2D eigenvalue weighted by Gasteiger charge is 2.17. The number of rotatable bonds is 6. The number of nitrogens with one attached hydrogen (secondary N) is 1. The molecule has 1 aromatic carbocycles. The topological polar surface area (TPSA) is 91.5 Å². The van der Waals surface area contributed by atoms with Gasteiger partial charge in [0.05, 0.1) is 0 Å². The van der Waals surface area contributed by atoms with Gasteiger partial charge in [0.25, 0.3) is 0 Å². The Morgan fingerprint density at radius 3 is 2.95 bits per heavy atom. The Morgan fingerprint density at radius 2 is 2.32 bits per heavy atom. The van der Waals surface area contributed by atoms with Crippen LogP contribution < -0.4 is 5.73 Å². The molecule has 0 spiro atoms. The zero-order valence-corrected chi connectivity index (χ0v) is 12.4. The summed E-state index contributed by atoms with van der Waals surface area (Å²) in [6.07, 6.45) is 7.57. The molecule has 0 bridgehead atoms. The Hall–Kier alpha value is -2.66. The Labute approximate surface area is 128 Å². The number of carbonyl (C=O) groups is 1. The summed E-state index contributed by atoms with van der Waals surface area (Å²) in [5.41, 5.74) is 9.51. The molecule has 0 aliphatic rings. The van der Waals surface area contributed by atoms with E-state index in [2.05, 4.69) is 16.7 Å². The third-order valence-electron chi connectivity index (χ3n) is 3.53. The van der Waals surface area contributed by atoms with E-state index in [-0.39, 0.29) is 6.42 Å². The summed E-state index contributed by atoms with van der Waals surface area (Å²) in [5, 5.41) is 10.0. The molecule has 0 unspecified atom stereocenters. The number of hydrogen-bond donors (Lipinski definition) is 3.